The topological polar surface area (TPSA) is 33.1 Å². The Kier molecular flexibility index (Phi) is 2.65. The molecule has 2 rings (SSSR count). The number of aromatic nitrogens is 1. The second kappa shape index (κ2) is 3.97. The van der Waals surface area contributed by atoms with Gasteiger partial charge in [-0.3, -0.25) is 4.98 Å². The fraction of sp³-hybridized carbons (Fsp3) is 0.214. The summed E-state index contributed by atoms with van der Waals surface area (Å²) in [6, 6.07) is 7.86. The quantitative estimate of drug-likeness (QED) is 0.787. The first kappa shape index (κ1) is 10.7. The molecule has 1 heterocycles. The number of rotatable bonds is 1. The number of pyridine rings is 1. The minimum absolute atomic E-state index is 0.321. The van der Waals surface area contributed by atoms with Gasteiger partial charge in [-0.25, -0.2) is 0 Å². The molecule has 0 amide bonds. The number of phenols is 1. The molecule has 0 bridgehead atoms. The van der Waals surface area contributed by atoms with Crippen molar-refractivity contribution >= 4 is 0 Å². The van der Waals surface area contributed by atoms with Gasteiger partial charge in [0, 0.05) is 11.8 Å². The van der Waals surface area contributed by atoms with E-state index in [-0.39, 0.29) is 0 Å². The van der Waals surface area contributed by atoms with E-state index in [4.69, 9.17) is 0 Å². The van der Waals surface area contributed by atoms with Crippen molar-refractivity contribution in [2.75, 3.05) is 0 Å². The normalized spacial score (nSPS) is 10.4. The molecule has 0 aliphatic heterocycles. The van der Waals surface area contributed by atoms with Gasteiger partial charge in [0.15, 0.2) is 0 Å². The molecule has 0 unspecified atom stereocenters. The SMILES string of the molecule is Cc1ccc(-c2cc(C)cc(C)c2O)nc1. The Morgan fingerprint density at radius 1 is 1.00 bits per heavy atom. The molecule has 0 saturated heterocycles. The monoisotopic (exact) mass is 213 g/mol. The van der Waals surface area contributed by atoms with E-state index in [0.29, 0.717) is 5.75 Å². The summed E-state index contributed by atoms with van der Waals surface area (Å²) < 4.78 is 0. The summed E-state index contributed by atoms with van der Waals surface area (Å²) in [7, 11) is 0. The van der Waals surface area contributed by atoms with E-state index in [1.807, 2.05) is 51.2 Å². The van der Waals surface area contributed by atoms with Crippen LogP contribution in [0.15, 0.2) is 30.5 Å². The minimum atomic E-state index is 0.321. The summed E-state index contributed by atoms with van der Waals surface area (Å²) in [5.74, 6) is 0.321. The minimum Gasteiger partial charge on any atom is -0.507 e. The van der Waals surface area contributed by atoms with Gasteiger partial charge < -0.3 is 5.11 Å². The van der Waals surface area contributed by atoms with Crippen molar-refractivity contribution in [3.05, 3.63) is 47.2 Å². The van der Waals surface area contributed by atoms with Crippen LogP contribution in [0.1, 0.15) is 16.7 Å². The molecule has 0 fully saturated rings. The highest BCUT2D eigenvalue weighted by molar-refractivity contribution is 5.69. The molecule has 16 heavy (non-hydrogen) atoms. The maximum Gasteiger partial charge on any atom is 0.127 e. The van der Waals surface area contributed by atoms with E-state index < -0.39 is 0 Å². The second-order valence-corrected chi connectivity index (χ2v) is 4.20. The van der Waals surface area contributed by atoms with E-state index in [1.54, 1.807) is 0 Å². The number of phenolic OH excluding ortho intramolecular Hbond substituents is 1. The molecule has 82 valence electrons. The van der Waals surface area contributed by atoms with Crippen molar-refractivity contribution in [1.82, 2.24) is 4.98 Å². The van der Waals surface area contributed by atoms with Crippen LogP contribution in [0.3, 0.4) is 0 Å². The third-order valence-corrected chi connectivity index (χ3v) is 2.63. The summed E-state index contributed by atoms with van der Waals surface area (Å²) in [6.45, 7) is 5.92. The molecule has 0 aliphatic carbocycles. The standard InChI is InChI=1S/C14H15NO/c1-9-4-5-13(15-8-9)12-7-10(2)6-11(3)14(12)16/h4-8,16H,1-3H3. The Hall–Kier alpha value is -1.83. The van der Waals surface area contributed by atoms with Crippen LogP contribution in [0.4, 0.5) is 0 Å². The smallest absolute Gasteiger partial charge is 0.127 e. The third-order valence-electron chi connectivity index (χ3n) is 2.63. The van der Waals surface area contributed by atoms with Crippen molar-refractivity contribution in [3.8, 4) is 17.0 Å². The van der Waals surface area contributed by atoms with E-state index in [9.17, 15) is 5.11 Å². The molecule has 2 heteroatoms. The molecule has 0 atom stereocenters. The molecule has 2 aromatic rings. The zero-order valence-corrected chi connectivity index (χ0v) is 9.78. The maximum atomic E-state index is 10.0. The predicted molar refractivity (Wildman–Crippen MR) is 65.5 cm³/mol. The largest absolute Gasteiger partial charge is 0.507 e. The lowest BCUT2D eigenvalue weighted by molar-refractivity contribution is 0.473. The lowest BCUT2D eigenvalue weighted by Crippen LogP contribution is -1.88. The molecule has 2 nitrogen and oxygen atoms in total. The van der Waals surface area contributed by atoms with Crippen LogP contribution in [-0.2, 0) is 0 Å². The first-order valence-electron chi connectivity index (χ1n) is 5.31. The Morgan fingerprint density at radius 2 is 1.75 bits per heavy atom. The van der Waals surface area contributed by atoms with Gasteiger partial charge in [-0.1, -0.05) is 12.1 Å². The van der Waals surface area contributed by atoms with Crippen molar-refractivity contribution < 1.29 is 5.11 Å². The highest BCUT2D eigenvalue weighted by Gasteiger charge is 2.08. The summed E-state index contributed by atoms with van der Waals surface area (Å²) in [4.78, 5) is 4.33. The van der Waals surface area contributed by atoms with Gasteiger partial charge in [0.05, 0.1) is 5.69 Å². The fourth-order valence-electron chi connectivity index (χ4n) is 1.78. The highest BCUT2D eigenvalue weighted by atomic mass is 16.3. The first-order valence-corrected chi connectivity index (χ1v) is 5.31. The molecule has 0 spiro atoms. The Balaban J connectivity index is 2.59. The molecule has 0 saturated carbocycles. The number of benzene rings is 1. The highest BCUT2D eigenvalue weighted by Crippen LogP contribution is 2.31. The van der Waals surface area contributed by atoms with E-state index in [0.717, 1.165) is 27.9 Å². The van der Waals surface area contributed by atoms with Gasteiger partial charge in [-0.05, 0) is 49.6 Å². The number of hydrogen-bond donors (Lipinski definition) is 1. The summed E-state index contributed by atoms with van der Waals surface area (Å²) >= 11 is 0. The molecular formula is C14H15NO. The number of aryl methyl sites for hydroxylation is 3. The first-order chi connectivity index (χ1) is 7.58. The van der Waals surface area contributed by atoms with Gasteiger partial charge in [0.25, 0.3) is 0 Å². The molecular weight excluding hydrogens is 198 g/mol. The average Bonchev–Trinajstić information content (AvgIpc) is 2.25. The number of hydrogen-bond acceptors (Lipinski definition) is 2. The molecule has 1 aromatic carbocycles. The predicted octanol–water partition coefficient (Wildman–Crippen LogP) is 3.38. The lowest BCUT2D eigenvalue weighted by Gasteiger charge is -2.08. The molecule has 1 aromatic heterocycles. The van der Waals surface area contributed by atoms with Gasteiger partial charge in [-0.2, -0.15) is 0 Å². The van der Waals surface area contributed by atoms with Gasteiger partial charge >= 0.3 is 0 Å². The summed E-state index contributed by atoms with van der Waals surface area (Å²) in [6.07, 6.45) is 1.81. The van der Waals surface area contributed by atoms with Crippen molar-refractivity contribution in [1.29, 1.82) is 0 Å². The van der Waals surface area contributed by atoms with Crippen LogP contribution < -0.4 is 0 Å². The maximum absolute atomic E-state index is 10.0. The summed E-state index contributed by atoms with van der Waals surface area (Å²) in [5, 5.41) is 10.0. The zero-order chi connectivity index (χ0) is 11.7. The molecule has 1 N–H and O–H groups in total. The second-order valence-electron chi connectivity index (χ2n) is 4.20. The Morgan fingerprint density at radius 3 is 2.38 bits per heavy atom. The zero-order valence-electron chi connectivity index (χ0n) is 9.78. The van der Waals surface area contributed by atoms with Gasteiger partial charge in [-0.15, -0.1) is 0 Å². The van der Waals surface area contributed by atoms with Crippen LogP contribution in [0.5, 0.6) is 5.75 Å². The van der Waals surface area contributed by atoms with Gasteiger partial charge in [0.1, 0.15) is 5.75 Å². The van der Waals surface area contributed by atoms with Crippen LogP contribution in [0.2, 0.25) is 0 Å². The third kappa shape index (κ3) is 1.91. The molecule has 0 radical (unpaired) electrons. The number of aromatic hydroxyl groups is 1. The van der Waals surface area contributed by atoms with Gasteiger partial charge in [0.2, 0.25) is 0 Å². The van der Waals surface area contributed by atoms with E-state index in [2.05, 4.69) is 4.98 Å². The summed E-state index contributed by atoms with van der Waals surface area (Å²) in [5.41, 5.74) is 4.75. The van der Waals surface area contributed by atoms with E-state index >= 15 is 0 Å². The van der Waals surface area contributed by atoms with Crippen LogP contribution in [0.25, 0.3) is 11.3 Å². The van der Waals surface area contributed by atoms with Crippen molar-refractivity contribution in [2.24, 2.45) is 0 Å². The lowest BCUT2D eigenvalue weighted by atomic mass is 10.0. The van der Waals surface area contributed by atoms with E-state index in [1.165, 1.54) is 0 Å². The number of nitrogens with zero attached hydrogens (tertiary/aromatic N) is 1. The fourth-order valence-corrected chi connectivity index (χ4v) is 1.78. The van der Waals surface area contributed by atoms with Crippen molar-refractivity contribution in [2.45, 2.75) is 20.8 Å². The Bertz CT molecular complexity index is 515. The van der Waals surface area contributed by atoms with Crippen LogP contribution >= 0.6 is 0 Å². The average molecular weight is 213 g/mol. The Labute approximate surface area is 95.6 Å². The van der Waals surface area contributed by atoms with Crippen LogP contribution in [0, 0.1) is 20.8 Å². The van der Waals surface area contributed by atoms with Crippen LogP contribution in [-0.4, -0.2) is 10.1 Å². The molecule has 0 aliphatic rings. The van der Waals surface area contributed by atoms with Crippen molar-refractivity contribution in [3.63, 3.8) is 0 Å².